The normalized spacial score (nSPS) is 19.6. The van der Waals surface area contributed by atoms with Crippen LogP contribution in [0.5, 0.6) is 0 Å². The molecule has 6 nitrogen and oxygen atoms in total. The third kappa shape index (κ3) is 4.37. The molecule has 1 aromatic carbocycles. The fourth-order valence-corrected chi connectivity index (χ4v) is 6.61. The molecular weight excluding hydrogens is 386 g/mol. The summed E-state index contributed by atoms with van der Waals surface area (Å²) < 4.78 is 28.8. The van der Waals surface area contributed by atoms with Crippen LogP contribution in [0.2, 0.25) is 0 Å². The second-order valence-electron chi connectivity index (χ2n) is 8.58. The molecule has 2 aliphatic rings. The quantitative estimate of drug-likeness (QED) is 0.750. The number of benzene rings is 1. The lowest BCUT2D eigenvalue weighted by Gasteiger charge is -2.26. The molecule has 2 aliphatic heterocycles. The van der Waals surface area contributed by atoms with Crippen LogP contribution in [0.25, 0.3) is 0 Å². The maximum Gasteiger partial charge on any atom is 0.243 e. The molecule has 0 radical (unpaired) electrons. The van der Waals surface area contributed by atoms with Gasteiger partial charge in [0.1, 0.15) is 0 Å². The van der Waals surface area contributed by atoms with Crippen molar-refractivity contribution in [3.05, 3.63) is 27.8 Å². The van der Waals surface area contributed by atoms with Crippen LogP contribution in [-0.4, -0.2) is 74.2 Å². The monoisotopic (exact) mass is 421 g/mol. The van der Waals surface area contributed by atoms with E-state index < -0.39 is 10.0 Å². The number of sulfonamides is 1. The minimum atomic E-state index is -3.56. The van der Waals surface area contributed by atoms with Crippen molar-refractivity contribution in [3.8, 4) is 0 Å². The summed E-state index contributed by atoms with van der Waals surface area (Å²) in [6.07, 6.45) is 2.92. The largest absolute Gasteiger partial charge is 0.342 e. The molecule has 0 aliphatic carbocycles. The molecule has 2 heterocycles. The van der Waals surface area contributed by atoms with E-state index in [2.05, 4.69) is 11.8 Å². The maximum absolute atomic E-state index is 13.6. The fourth-order valence-electron chi connectivity index (χ4n) is 4.59. The molecule has 2 fully saturated rings. The van der Waals surface area contributed by atoms with Gasteiger partial charge >= 0.3 is 0 Å². The molecule has 29 heavy (non-hydrogen) atoms. The SMILES string of the molecule is Cc1c(C)c(C)c(S(=O)(=O)N2CCCN(CC(=O)N3CCCC3)CC2)c(C)c1C. The standard InChI is InChI=1S/C22H35N3O3S/c1-16-17(2)19(4)22(20(5)18(16)3)29(27,28)25-12-8-9-23(13-14-25)15-21(26)24-10-6-7-11-24/h6-15H2,1-5H3. The van der Waals surface area contributed by atoms with Crippen molar-refractivity contribution in [2.45, 2.75) is 58.8 Å². The van der Waals surface area contributed by atoms with E-state index in [0.29, 0.717) is 31.1 Å². The van der Waals surface area contributed by atoms with E-state index in [-0.39, 0.29) is 5.91 Å². The number of rotatable bonds is 4. The van der Waals surface area contributed by atoms with E-state index in [0.717, 1.165) is 61.2 Å². The Bertz CT molecular complexity index is 860. The van der Waals surface area contributed by atoms with Crippen molar-refractivity contribution in [2.75, 3.05) is 45.8 Å². The number of hydrogen-bond donors (Lipinski definition) is 0. The first-order chi connectivity index (χ1) is 13.6. The van der Waals surface area contributed by atoms with Crippen molar-refractivity contribution >= 4 is 15.9 Å². The van der Waals surface area contributed by atoms with Gasteiger partial charge in [-0.25, -0.2) is 8.42 Å². The smallest absolute Gasteiger partial charge is 0.243 e. The molecule has 0 spiro atoms. The van der Waals surface area contributed by atoms with Gasteiger partial charge in [0.25, 0.3) is 0 Å². The van der Waals surface area contributed by atoms with Crippen molar-refractivity contribution < 1.29 is 13.2 Å². The van der Waals surface area contributed by atoms with Crippen LogP contribution in [-0.2, 0) is 14.8 Å². The van der Waals surface area contributed by atoms with Crippen LogP contribution >= 0.6 is 0 Å². The first-order valence-corrected chi connectivity index (χ1v) is 12.2. The highest BCUT2D eigenvalue weighted by Gasteiger charge is 2.32. The van der Waals surface area contributed by atoms with Crippen molar-refractivity contribution in [2.24, 2.45) is 0 Å². The fraction of sp³-hybridized carbons (Fsp3) is 0.682. The molecule has 2 saturated heterocycles. The average Bonchev–Trinajstić information content (AvgIpc) is 3.11. The summed E-state index contributed by atoms with van der Waals surface area (Å²) in [5, 5.41) is 0. The third-order valence-corrected chi connectivity index (χ3v) is 9.07. The second-order valence-corrected chi connectivity index (χ2v) is 10.5. The Morgan fingerprint density at radius 2 is 1.28 bits per heavy atom. The van der Waals surface area contributed by atoms with Crippen LogP contribution in [0.1, 0.15) is 47.1 Å². The summed E-state index contributed by atoms with van der Waals surface area (Å²) in [6, 6.07) is 0. The van der Waals surface area contributed by atoms with Gasteiger partial charge in [0.15, 0.2) is 0 Å². The predicted octanol–water partition coefficient (Wildman–Crippen LogP) is 2.55. The van der Waals surface area contributed by atoms with Crippen LogP contribution in [0.3, 0.4) is 0 Å². The first kappa shape index (κ1) is 22.2. The van der Waals surface area contributed by atoms with Crippen LogP contribution in [0.15, 0.2) is 4.90 Å². The number of likely N-dealkylation sites (tertiary alicyclic amines) is 1. The Kier molecular flexibility index (Phi) is 6.70. The van der Waals surface area contributed by atoms with Gasteiger partial charge in [-0.05, 0) is 88.2 Å². The Hall–Kier alpha value is -1.44. The zero-order valence-corrected chi connectivity index (χ0v) is 19.4. The number of carbonyl (C=O) groups is 1. The summed E-state index contributed by atoms with van der Waals surface area (Å²) in [5.74, 6) is 0.176. The third-order valence-electron chi connectivity index (χ3n) is 6.89. The van der Waals surface area contributed by atoms with Crippen molar-refractivity contribution in [3.63, 3.8) is 0 Å². The molecule has 1 amide bonds. The molecule has 0 N–H and O–H groups in total. The number of amides is 1. The van der Waals surface area contributed by atoms with Gasteiger partial charge < -0.3 is 4.90 Å². The summed E-state index contributed by atoms with van der Waals surface area (Å²) in [6.45, 7) is 14.3. The maximum atomic E-state index is 13.6. The topological polar surface area (TPSA) is 60.9 Å². The molecule has 7 heteroatoms. The Labute approximate surface area is 175 Å². The highest BCUT2D eigenvalue weighted by Crippen LogP contribution is 2.32. The Morgan fingerprint density at radius 1 is 0.724 bits per heavy atom. The van der Waals surface area contributed by atoms with Gasteiger partial charge in [-0.3, -0.25) is 9.69 Å². The number of hydrogen-bond acceptors (Lipinski definition) is 4. The van der Waals surface area contributed by atoms with Crippen LogP contribution in [0, 0.1) is 34.6 Å². The van der Waals surface area contributed by atoms with E-state index in [9.17, 15) is 13.2 Å². The zero-order chi connectivity index (χ0) is 21.3. The molecule has 3 rings (SSSR count). The van der Waals surface area contributed by atoms with Gasteiger partial charge in [-0.15, -0.1) is 0 Å². The van der Waals surface area contributed by atoms with Gasteiger partial charge in [-0.2, -0.15) is 4.31 Å². The van der Waals surface area contributed by atoms with E-state index in [4.69, 9.17) is 0 Å². The molecule has 0 atom stereocenters. The van der Waals surface area contributed by atoms with Gasteiger partial charge in [0.05, 0.1) is 11.4 Å². The van der Waals surface area contributed by atoms with Crippen LogP contribution < -0.4 is 0 Å². The minimum absolute atomic E-state index is 0.176. The van der Waals surface area contributed by atoms with Gasteiger partial charge in [-0.1, -0.05) is 0 Å². The lowest BCUT2D eigenvalue weighted by atomic mass is 9.95. The van der Waals surface area contributed by atoms with Crippen LogP contribution in [0.4, 0.5) is 0 Å². The number of carbonyl (C=O) groups excluding carboxylic acids is 1. The highest BCUT2D eigenvalue weighted by molar-refractivity contribution is 7.89. The van der Waals surface area contributed by atoms with E-state index >= 15 is 0 Å². The van der Waals surface area contributed by atoms with E-state index in [1.807, 2.05) is 32.6 Å². The second kappa shape index (κ2) is 8.74. The Balaban J connectivity index is 1.77. The highest BCUT2D eigenvalue weighted by atomic mass is 32.2. The molecule has 0 bridgehead atoms. The predicted molar refractivity (Wildman–Crippen MR) is 116 cm³/mol. The van der Waals surface area contributed by atoms with Crippen molar-refractivity contribution in [1.82, 2.24) is 14.1 Å². The summed E-state index contributed by atoms with van der Waals surface area (Å²) in [4.78, 5) is 17.0. The molecule has 0 saturated carbocycles. The molecular formula is C22H35N3O3S. The lowest BCUT2D eigenvalue weighted by Crippen LogP contribution is -2.41. The number of nitrogens with zero attached hydrogens (tertiary/aromatic N) is 3. The lowest BCUT2D eigenvalue weighted by molar-refractivity contribution is -0.131. The molecule has 162 valence electrons. The first-order valence-electron chi connectivity index (χ1n) is 10.7. The Morgan fingerprint density at radius 3 is 1.86 bits per heavy atom. The zero-order valence-electron chi connectivity index (χ0n) is 18.5. The molecule has 0 unspecified atom stereocenters. The summed E-state index contributed by atoms with van der Waals surface area (Å²) in [5.41, 5.74) is 4.99. The van der Waals surface area contributed by atoms with E-state index in [1.165, 1.54) is 5.56 Å². The summed E-state index contributed by atoms with van der Waals surface area (Å²) in [7, 11) is -3.56. The van der Waals surface area contributed by atoms with E-state index in [1.54, 1.807) is 4.31 Å². The average molecular weight is 422 g/mol. The van der Waals surface area contributed by atoms with Crippen molar-refractivity contribution in [1.29, 1.82) is 0 Å². The molecule has 1 aromatic rings. The minimum Gasteiger partial charge on any atom is -0.342 e. The summed E-state index contributed by atoms with van der Waals surface area (Å²) >= 11 is 0. The molecule has 0 aromatic heterocycles. The van der Waals surface area contributed by atoms with Gasteiger partial charge in [0.2, 0.25) is 15.9 Å². The van der Waals surface area contributed by atoms with Gasteiger partial charge in [0, 0.05) is 32.7 Å².